The Hall–Kier alpha value is -1.67. The van der Waals surface area contributed by atoms with E-state index in [2.05, 4.69) is 16.5 Å². The lowest BCUT2D eigenvalue weighted by atomic mass is 10.1. The number of nitrogens with two attached hydrogens (primary N) is 1. The normalized spacial score (nSPS) is 18.0. The molecule has 1 aromatic heterocycles. The van der Waals surface area contributed by atoms with Crippen molar-refractivity contribution in [1.29, 1.82) is 0 Å². The van der Waals surface area contributed by atoms with E-state index in [0.29, 0.717) is 44.2 Å². The Morgan fingerprint density at radius 2 is 2.05 bits per heavy atom. The lowest BCUT2D eigenvalue weighted by Crippen LogP contribution is -2.39. The number of hydrogen-bond donors (Lipinski definition) is 1. The third kappa shape index (κ3) is 4.41. The molecule has 0 amide bonds. The molecule has 0 aliphatic carbocycles. The Kier molecular flexibility index (Phi) is 5.36. The van der Waals surface area contributed by atoms with Gasteiger partial charge in [0.05, 0.1) is 23.7 Å². The van der Waals surface area contributed by atoms with Crippen LogP contribution in [0.1, 0.15) is 12.8 Å². The molecule has 8 heteroatoms. The fourth-order valence-corrected chi connectivity index (χ4v) is 3.36. The highest BCUT2D eigenvalue weighted by Crippen LogP contribution is 2.21. The Balaban J connectivity index is 1.90. The highest BCUT2D eigenvalue weighted by atomic mass is 32.2. The van der Waals surface area contributed by atoms with Gasteiger partial charge in [-0.25, -0.2) is 18.4 Å². The minimum absolute atomic E-state index is 0.227. The number of piperidine rings is 1. The smallest absolute Gasteiger partial charge is 0.225 e. The number of rotatable bonds is 6. The summed E-state index contributed by atoms with van der Waals surface area (Å²) in [5, 5.41) is -0.258. The topological polar surface area (TPSA) is 98.4 Å². The lowest BCUT2D eigenvalue weighted by molar-refractivity contribution is 0.304. The molecule has 0 aromatic carbocycles. The van der Waals surface area contributed by atoms with E-state index in [4.69, 9.17) is 10.5 Å². The van der Waals surface area contributed by atoms with E-state index in [1.165, 1.54) is 6.26 Å². The SMILES string of the molecule is C=CC(N)COc1cnc(N2CCC(S(C)(=O)=O)CC2)nc1. The zero-order valence-electron chi connectivity index (χ0n) is 12.7. The lowest BCUT2D eigenvalue weighted by Gasteiger charge is -2.30. The van der Waals surface area contributed by atoms with E-state index >= 15 is 0 Å². The van der Waals surface area contributed by atoms with Gasteiger partial charge in [-0.3, -0.25) is 0 Å². The maximum absolute atomic E-state index is 11.5. The molecular weight excluding hydrogens is 304 g/mol. The summed E-state index contributed by atoms with van der Waals surface area (Å²) in [5.74, 6) is 1.14. The third-order valence-electron chi connectivity index (χ3n) is 3.69. The molecular formula is C14H22N4O3S. The van der Waals surface area contributed by atoms with Gasteiger partial charge in [0, 0.05) is 19.3 Å². The van der Waals surface area contributed by atoms with Crippen molar-refractivity contribution in [3.05, 3.63) is 25.0 Å². The molecule has 1 aliphatic heterocycles. The van der Waals surface area contributed by atoms with Crippen LogP contribution < -0.4 is 15.4 Å². The number of aromatic nitrogens is 2. The molecule has 0 bridgehead atoms. The second-order valence-corrected chi connectivity index (χ2v) is 7.77. The van der Waals surface area contributed by atoms with Gasteiger partial charge in [-0.05, 0) is 12.8 Å². The van der Waals surface area contributed by atoms with Gasteiger partial charge in [-0.1, -0.05) is 6.08 Å². The zero-order chi connectivity index (χ0) is 16.2. The molecule has 1 aromatic rings. The average molecular weight is 326 g/mol. The molecule has 1 aliphatic rings. The van der Waals surface area contributed by atoms with E-state index in [0.717, 1.165) is 0 Å². The van der Waals surface area contributed by atoms with Crippen LogP contribution in [-0.2, 0) is 9.84 Å². The largest absolute Gasteiger partial charge is 0.488 e. The van der Waals surface area contributed by atoms with Crippen LogP contribution in [0.4, 0.5) is 5.95 Å². The third-order valence-corrected chi connectivity index (χ3v) is 5.37. The van der Waals surface area contributed by atoms with Crippen molar-refractivity contribution in [2.24, 2.45) is 5.73 Å². The summed E-state index contributed by atoms with van der Waals surface area (Å²) in [6, 6.07) is -0.227. The van der Waals surface area contributed by atoms with Crippen LogP contribution in [0.3, 0.4) is 0 Å². The van der Waals surface area contributed by atoms with Crippen molar-refractivity contribution in [2.45, 2.75) is 24.1 Å². The van der Waals surface area contributed by atoms with Crippen molar-refractivity contribution in [1.82, 2.24) is 9.97 Å². The predicted molar refractivity (Wildman–Crippen MR) is 85.8 cm³/mol. The molecule has 122 valence electrons. The number of nitrogens with zero attached hydrogens (tertiary/aromatic N) is 3. The first kappa shape index (κ1) is 16.7. The van der Waals surface area contributed by atoms with Crippen molar-refractivity contribution in [3.63, 3.8) is 0 Å². The Labute approximate surface area is 131 Å². The minimum Gasteiger partial charge on any atom is -0.488 e. The summed E-state index contributed by atoms with van der Waals surface area (Å²) >= 11 is 0. The van der Waals surface area contributed by atoms with Crippen molar-refractivity contribution < 1.29 is 13.2 Å². The van der Waals surface area contributed by atoms with Crippen molar-refractivity contribution in [2.75, 3.05) is 30.9 Å². The maximum atomic E-state index is 11.5. The minimum atomic E-state index is -2.96. The summed E-state index contributed by atoms with van der Waals surface area (Å²) in [6.07, 6.45) is 7.32. The van der Waals surface area contributed by atoms with E-state index in [9.17, 15) is 8.42 Å². The van der Waals surface area contributed by atoms with Gasteiger partial charge in [-0.2, -0.15) is 0 Å². The first-order valence-electron chi connectivity index (χ1n) is 7.17. The number of hydrogen-bond acceptors (Lipinski definition) is 7. The molecule has 22 heavy (non-hydrogen) atoms. The molecule has 1 unspecified atom stereocenters. The molecule has 2 rings (SSSR count). The molecule has 2 N–H and O–H groups in total. The van der Waals surface area contributed by atoms with Gasteiger partial charge in [0.1, 0.15) is 16.4 Å². The zero-order valence-corrected chi connectivity index (χ0v) is 13.5. The molecule has 7 nitrogen and oxygen atoms in total. The second kappa shape index (κ2) is 7.06. The summed E-state index contributed by atoms with van der Waals surface area (Å²) in [4.78, 5) is 10.5. The fourth-order valence-electron chi connectivity index (χ4n) is 2.29. The molecule has 1 atom stereocenters. The van der Waals surface area contributed by atoms with E-state index in [-0.39, 0.29) is 11.3 Å². The number of sulfone groups is 1. The second-order valence-electron chi connectivity index (χ2n) is 5.45. The highest BCUT2D eigenvalue weighted by molar-refractivity contribution is 7.91. The van der Waals surface area contributed by atoms with Gasteiger partial charge >= 0.3 is 0 Å². The van der Waals surface area contributed by atoms with Crippen LogP contribution >= 0.6 is 0 Å². The predicted octanol–water partition coefficient (Wildman–Crippen LogP) is 0.382. The molecule has 2 heterocycles. The van der Waals surface area contributed by atoms with Crippen molar-refractivity contribution in [3.8, 4) is 5.75 Å². The molecule has 0 radical (unpaired) electrons. The summed E-state index contributed by atoms with van der Waals surface area (Å²) in [7, 11) is -2.96. The Morgan fingerprint density at radius 3 is 2.55 bits per heavy atom. The molecule has 0 spiro atoms. The molecule has 1 saturated heterocycles. The van der Waals surface area contributed by atoms with Crippen LogP contribution in [0.25, 0.3) is 0 Å². The number of ether oxygens (including phenoxy) is 1. The maximum Gasteiger partial charge on any atom is 0.225 e. The van der Waals surface area contributed by atoms with Crippen molar-refractivity contribution >= 4 is 15.8 Å². The Bertz CT molecular complexity index is 595. The standard InChI is InChI=1S/C14H22N4O3S/c1-3-11(15)10-21-12-8-16-14(17-9-12)18-6-4-13(5-7-18)22(2,19)20/h3,8-9,11,13H,1,4-7,10,15H2,2H3. The van der Waals surface area contributed by atoms with Gasteiger partial charge in [0.2, 0.25) is 5.95 Å². The number of anilines is 1. The quantitative estimate of drug-likeness (QED) is 0.755. The van der Waals surface area contributed by atoms with E-state index in [1.807, 2.05) is 4.90 Å². The fraction of sp³-hybridized carbons (Fsp3) is 0.571. The van der Waals surface area contributed by atoms with E-state index in [1.54, 1.807) is 18.5 Å². The van der Waals surface area contributed by atoms with Crippen LogP contribution in [0.15, 0.2) is 25.0 Å². The summed E-state index contributed by atoms with van der Waals surface area (Å²) < 4.78 is 28.5. The summed E-state index contributed by atoms with van der Waals surface area (Å²) in [5.41, 5.74) is 5.67. The van der Waals surface area contributed by atoms with Gasteiger partial charge < -0.3 is 15.4 Å². The average Bonchev–Trinajstić information content (AvgIpc) is 2.52. The Morgan fingerprint density at radius 1 is 1.45 bits per heavy atom. The van der Waals surface area contributed by atoms with Gasteiger partial charge in [0.15, 0.2) is 5.75 Å². The van der Waals surface area contributed by atoms with Crippen LogP contribution in [0.2, 0.25) is 0 Å². The molecule has 1 fully saturated rings. The van der Waals surface area contributed by atoms with Gasteiger partial charge in [0.25, 0.3) is 0 Å². The van der Waals surface area contributed by atoms with Crippen LogP contribution in [0, 0.1) is 0 Å². The first-order valence-corrected chi connectivity index (χ1v) is 9.12. The van der Waals surface area contributed by atoms with Crippen LogP contribution in [0.5, 0.6) is 5.75 Å². The van der Waals surface area contributed by atoms with E-state index < -0.39 is 9.84 Å². The highest BCUT2D eigenvalue weighted by Gasteiger charge is 2.27. The van der Waals surface area contributed by atoms with Crippen LogP contribution in [-0.4, -0.2) is 55.6 Å². The first-order chi connectivity index (χ1) is 10.4. The van der Waals surface area contributed by atoms with Gasteiger partial charge in [-0.15, -0.1) is 6.58 Å². The molecule has 0 saturated carbocycles. The monoisotopic (exact) mass is 326 g/mol. The summed E-state index contributed by atoms with van der Waals surface area (Å²) in [6.45, 7) is 5.19.